The van der Waals surface area contributed by atoms with Crippen molar-refractivity contribution in [2.75, 3.05) is 45.1 Å². The van der Waals surface area contributed by atoms with Gasteiger partial charge in [0.05, 0.1) is 56.0 Å². The number of amides is 1. The molecule has 3 rings (SSSR count). The van der Waals surface area contributed by atoms with Crippen LogP contribution in [0.3, 0.4) is 0 Å². The number of fused-ring (bicyclic) bond motifs is 1. The van der Waals surface area contributed by atoms with Gasteiger partial charge in [0.1, 0.15) is 10.9 Å². The highest BCUT2D eigenvalue weighted by Gasteiger charge is 2.17. The first-order chi connectivity index (χ1) is 14.7. The van der Waals surface area contributed by atoms with E-state index in [0.717, 1.165) is 34.8 Å². The number of benzene rings is 1. The number of carbonyl (C=O) groups excluding carboxylic acids is 1. The molecule has 156 valence electrons. The summed E-state index contributed by atoms with van der Waals surface area (Å²) < 4.78 is 5.41. The number of hydrogen-bond donors (Lipinski definition) is 0. The normalized spacial score (nSPS) is 14.2. The molecule has 1 amide bonds. The van der Waals surface area contributed by atoms with Gasteiger partial charge in [-0.05, 0) is 6.07 Å². The van der Waals surface area contributed by atoms with Crippen molar-refractivity contribution < 1.29 is 9.53 Å². The van der Waals surface area contributed by atoms with Crippen LogP contribution in [0.4, 0.5) is 0 Å². The second-order valence-corrected chi connectivity index (χ2v) is 7.80. The molecule has 1 aliphatic rings. The summed E-state index contributed by atoms with van der Waals surface area (Å²) in [5.74, 6) is 0.841. The minimum atomic E-state index is -0.0945. The van der Waals surface area contributed by atoms with E-state index in [1.54, 1.807) is 4.90 Å². The zero-order chi connectivity index (χ0) is 21.2. The summed E-state index contributed by atoms with van der Waals surface area (Å²) in [6.07, 6.45) is 0.504. The van der Waals surface area contributed by atoms with Crippen LogP contribution in [-0.4, -0.2) is 70.8 Å². The lowest BCUT2D eigenvalue weighted by molar-refractivity contribution is -0.128. The van der Waals surface area contributed by atoms with Gasteiger partial charge in [0, 0.05) is 31.6 Å². The number of rotatable bonds is 9. The van der Waals surface area contributed by atoms with Crippen molar-refractivity contribution in [3.05, 3.63) is 30.1 Å². The molecule has 0 radical (unpaired) electrons. The third-order valence-corrected chi connectivity index (χ3v) is 5.73. The number of thioether (sulfide) groups is 1. The zero-order valence-corrected chi connectivity index (χ0v) is 17.6. The van der Waals surface area contributed by atoms with Crippen molar-refractivity contribution in [2.45, 2.75) is 24.4 Å². The molecule has 0 bridgehead atoms. The molecule has 1 aromatic carbocycles. The molecule has 0 saturated carbocycles. The Morgan fingerprint density at radius 2 is 1.83 bits per heavy atom. The zero-order valence-electron chi connectivity index (χ0n) is 16.8. The molecule has 1 aliphatic heterocycles. The maximum absolute atomic E-state index is 12.7. The molecule has 2 heterocycles. The molecule has 1 saturated heterocycles. The van der Waals surface area contributed by atoms with Gasteiger partial charge in [0.25, 0.3) is 0 Å². The SMILES string of the molecule is N#CCCN(CCC#N)C(=O)CSc1nc(CN2CCOCC2)nc2ccccc12. The minimum Gasteiger partial charge on any atom is -0.379 e. The Kier molecular flexibility index (Phi) is 8.40. The van der Waals surface area contributed by atoms with E-state index < -0.39 is 0 Å². The van der Waals surface area contributed by atoms with Crippen molar-refractivity contribution in [1.29, 1.82) is 10.5 Å². The first kappa shape index (κ1) is 22.0. The molecule has 0 atom stereocenters. The van der Waals surface area contributed by atoms with Gasteiger partial charge in [0.2, 0.25) is 5.91 Å². The van der Waals surface area contributed by atoms with Crippen molar-refractivity contribution >= 4 is 28.6 Å². The van der Waals surface area contributed by atoms with Gasteiger partial charge in [0.15, 0.2) is 0 Å². The minimum absolute atomic E-state index is 0.0945. The molecule has 8 nitrogen and oxygen atoms in total. The Morgan fingerprint density at radius 1 is 1.13 bits per heavy atom. The van der Waals surface area contributed by atoms with Gasteiger partial charge in [-0.15, -0.1) is 0 Å². The Bertz CT molecular complexity index is 931. The molecule has 30 heavy (non-hydrogen) atoms. The molecule has 9 heteroatoms. The van der Waals surface area contributed by atoms with E-state index in [1.807, 2.05) is 24.3 Å². The lowest BCUT2D eigenvalue weighted by Gasteiger charge is -2.26. The summed E-state index contributed by atoms with van der Waals surface area (Å²) in [5.41, 5.74) is 0.858. The summed E-state index contributed by atoms with van der Waals surface area (Å²) >= 11 is 1.38. The van der Waals surface area contributed by atoms with E-state index in [-0.39, 0.29) is 24.5 Å². The van der Waals surface area contributed by atoms with Crippen LogP contribution in [0.25, 0.3) is 10.9 Å². The number of nitriles is 2. The molecule has 0 N–H and O–H groups in total. The molecule has 0 aliphatic carbocycles. The number of nitrogens with zero attached hydrogens (tertiary/aromatic N) is 6. The molecule has 0 spiro atoms. The molecule has 1 aromatic heterocycles. The van der Waals surface area contributed by atoms with Crippen LogP contribution < -0.4 is 0 Å². The predicted molar refractivity (Wildman–Crippen MR) is 113 cm³/mol. The van der Waals surface area contributed by atoms with E-state index in [4.69, 9.17) is 25.2 Å². The maximum Gasteiger partial charge on any atom is 0.233 e. The first-order valence-corrected chi connectivity index (χ1v) is 10.9. The largest absolute Gasteiger partial charge is 0.379 e. The van der Waals surface area contributed by atoms with Crippen LogP contribution in [0.15, 0.2) is 29.3 Å². The Morgan fingerprint density at radius 3 is 2.53 bits per heavy atom. The number of aromatic nitrogens is 2. The van der Waals surface area contributed by atoms with Gasteiger partial charge < -0.3 is 9.64 Å². The fraction of sp³-hybridized carbons (Fsp3) is 0.476. The standard InChI is InChI=1S/C21H24N6O2S/c22-7-3-9-27(10-4-8-23)20(28)16-30-21-17-5-1-2-6-18(17)24-19(25-21)15-26-11-13-29-14-12-26/h1-2,5-6H,3-4,9-16H2. The molecular formula is C21H24N6O2S. The van der Waals surface area contributed by atoms with E-state index in [1.165, 1.54) is 11.8 Å². The quantitative estimate of drug-likeness (QED) is 0.445. The fourth-order valence-corrected chi connectivity index (χ4v) is 4.13. The van der Waals surface area contributed by atoms with Crippen LogP contribution in [0.2, 0.25) is 0 Å². The fourth-order valence-electron chi connectivity index (χ4n) is 3.19. The molecule has 0 unspecified atom stereocenters. The number of carbonyl (C=O) groups is 1. The Hall–Kier alpha value is -2.72. The summed E-state index contributed by atoms with van der Waals surface area (Å²) in [6, 6.07) is 11.9. The van der Waals surface area contributed by atoms with Crippen LogP contribution in [0, 0.1) is 22.7 Å². The highest BCUT2D eigenvalue weighted by molar-refractivity contribution is 8.00. The van der Waals surface area contributed by atoms with Crippen LogP contribution in [0.1, 0.15) is 18.7 Å². The Labute approximate surface area is 180 Å². The first-order valence-electron chi connectivity index (χ1n) is 9.91. The molecule has 2 aromatic rings. The summed E-state index contributed by atoms with van der Waals surface area (Å²) in [7, 11) is 0. The molecule has 1 fully saturated rings. The summed E-state index contributed by atoms with van der Waals surface area (Å²) in [5, 5.41) is 19.3. The van der Waals surface area contributed by atoms with Gasteiger partial charge in [-0.25, -0.2) is 9.97 Å². The van der Waals surface area contributed by atoms with Crippen molar-refractivity contribution in [3.8, 4) is 12.1 Å². The topological polar surface area (TPSA) is 106 Å². The van der Waals surface area contributed by atoms with Gasteiger partial charge >= 0.3 is 0 Å². The third-order valence-electron chi connectivity index (χ3n) is 4.76. The average Bonchev–Trinajstić information content (AvgIpc) is 2.78. The van der Waals surface area contributed by atoms with Crippen molar-refractivity contribution in [1.82, 2.24) is 19.8 Å². The van der Waals surface area contributed by atoms with Crippen molar-refractivity contribution in [2.24, 2.45) is 0 Å². The third kappa shape index (κ3) is 6.14. The van der Waals surface area contributed by atoms with Gasteiger partial charge in [-0.2, -0.15) is 10.5 Å². The van der Waals surface area contributed by atoms with Gasteiger partial charge in [-0.1, -0.05) is 30.0 Å². The van der Waals surface area contributed by atoms with Crippen LogP contribution >= 0.6 is 11.8 Å². The van der Waals surface area contributed by atoms with E-state index >= 15 is 0 Å². The monoisotopic (exact) mass is 424 g/mol. The summed E-state index contributed by atoms with van der Waals surface area (Å²) in [4.78, 5) is 26.0. The highest BCUT2D eigenvalue weighted by atomic mass is 32.2. The predicted octanol–water partition coefficient (Wildman–Crippen LogP) is 2.21. The van der Waals surface area contributed by atoms with Crippen LogP contribution in [0.5, 0.6) is 0 Å². The van der Waals surface area contributed by atoms with E-state index in [2.05, 4.69) is 17.0 Å². The molecular weight excluding hydrogens is 400 g/mol. The number of hydrogen-bond acceptors (Lipinski definition) is 8. The Balaban J connectivity index is 1.74. The van der Waals surface area contributed by atoms with E-state index in [9.17, 15) is 4.79 Å². The number of ether oxygens (including phenoxy) is 1. The van der Waals surface area contributed by atoms with E-state index in [0.29, 0.717) is 32.8 Å². The van der Waals surface area contributed by atoms with Gasteiger partial charge in [-0.3, -0.25) is 9.69 Å². The lowest BCUT2D eigenvalue weighted by Crippen LogP contribution is -2.36. The average molecular weight is 425 g/mol. The number of morpholine rings is 1. The van der Waals surface area contributed by atoms with Crippen LogP contribution in [-0.2, 0) is 16.1 Å². The second kappa shape index (κ2) is 11.5. The summed E-state index contributed by atoms with van der Waals surface area (Å²) in [6.45, 7) is 4.45. The maximum atomic E-state index is 12.7. The highest BCUT2D eigenvalue weighted by Crippen LogP contribution is 2.26. The number of para-hydroxylation sites is 1. The lowest BCUT2D eigenvalue weighted by atomic mass is 10.2. The smallest absolute Gasteiger partial charge is 0.233 e. The van der Waals surface area contributed by atoms with Crippen molar-refractivity contribution in [3.63, 3.8) is 0 Å². The second-order valence-electron chi connectivity index (χ2n) is 6.84.